The summed E-state index contributed by atoms with van der Waals surface area (Å²) in [5, 5.41) is 9.99. The van der Waals surface area contributed by atoms with Crippen molar-refractivity contribution < 1.29 is 14.3 Å². The van der Waals surface area contributed by atoms with Gasteiger partial charge in [0.05, 0.1) is 19.9 Å². The molecule has 0 aliphatic heterocycles. The van der Waals surface area contributed by atoms with Crippen LogP contribution in [0.2, 0.25) is 0 Å². The SMILES string of the molecule is CNC(C(=O)NCC(C)Oc1ccccc1OC)c1cnn(C)c1. The van der Waals surface area contributed by atoms with Crippen molar-refractivity contribution in [2.24, 2.45) is 7.05 Å². The van der Waals surface area contributed by atoms with Crippen molar-refractivity contribution in [3.63, 3.8) is 0 Å². The molecule has 0 radical (unpaired) electrons. The van der Waals surface area contributed by atoms with Gasteiger partial charge in [0.2, 0.25) is 5.91 Å². The number of aromatic nitrogens is 2. The van der Waals surface area contributed by atoms with Crippen LogP contribution in [0.4, 0.5) is 0 Å². The molecule has 0 fully saturated rings. The van der Waals surface area contributed by atoms with Crippen molar-refractivity contribution >= 4 is 5.91 Å². The molecular weight excluding hydrogens is 308 g/mol. The van der Waals surface area contributed by atoms with E-state index < -0.39 is 6.04 Å². The van der Waals surface area contributed by atoms with Gasteiger partial charge >= 0.3 is 0 Å². The van der Waals surface area contributed by atoms with Crippen LogP contribution in [-0.2, 0) is 11.8 Å². The topological polar surface area (TPSA) is 77.4 Å². The van der Waals surface area contributed by atoms with Gasteiger partial charge in [0.15, 0.2) is 11.5 Å². The highest BCUT2D eigenvalue weighted by molar-refractivity contribution is 5.83. The van der Waals surface area contributed by atoms with E-state index in [2.05, 4.69) is 15.7 Å². The number of carbonyl (C=O) groups excluding carboxylic acids is 1. The highest BCUT2D eigenvalue weighted by Crippen LogP contribution is 2.26. The molecule has 1 heterocycles. The zero-order valence-corrected chi connectivity index (χ0v) is 14.4. The van der Waals surface area contributed by atoms with E-state index in [1.165, 1.54) is 0 Å². The maximum atomic E-state index is 12.4. The minimum absolute atomic E-state index is 0.124. The van der Waals surface area contributed by atoms with Gasteiger partial charge < -0.3 is 20.1 Å². The number of methoxy groups -OCH3 is 1. The molecule has 0 bridgehead atoms. The van der Waals surface area contributed by atoms with E-state index in [1.54, 1.807) is 25.0 Å². The summed E-state index contributed by atoms with van der Waals surface area (Å²) in [4.78, 5) is 12.4. The van der Waals surface area contributed by atoms with Crippen molar-refractivity contribution in [1.82, 2.24) is 20.4 Å². The van der Waals surface area contributed by atoms with Crippen LogP contribution in [-0.4, -0.2) is 42.5 Å². The van der Waals surface area contributed by atoms with Gasteiger partial charge in [-0.05, 0) is 26.1 Å². The van der Waals surface area contributed by atoms with Gasteiger partial charge in [0, 0.05) is 18.8 Å². The van der Waals surface area contributed by atoms with Crippen molar-refractivity contribution in [2.45, 2.75) is 19.1 Å². The molecule has 0 spiro atoms. The van der Waals surface area contributed by atoms with E-state index in [4.69, 9.17) is 9.47 Å². The normalized spacial score (nSPS) is 13.2. The molecule has 1 amide bonds. The van der Waals surface area contributed by atoms with Gasteiger partial charge in [-0.3, -0.25) is 9.48 Å². The molecule has 2 rings (SSSR count). The lowest BCUT2D eigenvalue weighted by Crippen LogP contribution is -2.40. The lowest BCUT2D eigenvalue weighted by atomic mass is 10.1. The largest absolute Gasteiger partial charge is 0.493 e. The predicted octanol–water partition coefficient (Wildman–Crippen LogP) is 1.27. The van der Waals surface area contributed by atoms with Crippen LogP contribution in [0, 0.1) is 0 Å². The summed E-state index contributed by atoms with van der Waals surface area (Å²) in [6, 6.07) is 6.98. The number of aryl methyl sites for hydroxylation is 1. The number of likely N-dealkylation sites (N-methyl/N-ethyl adjacent to an activating group) is 1. The third kappa shape index (κ3) is 4.48. The zero-order valence-electron chi connectivity index (χ0n) is 14.4. The Bertz CT molecular complexity index is 671. The first kappa shape index (κ1) is 17.8. The second kappa shape index (κ2) is 8.35. The average Bonchev–Trinajstić information content (AvgIpc) is 3.00. The molecule has 1 aromatic heterocycles. The standard InChI is InChI=1S/C17H24N4O3/c1-12(24-15-8-6-5-7-14(15)23-4)9-19-17(22)16(18-2)13-10-20-21(3)11-13/h5-8,10-12,16,18H,9H2,1-4H3,(H,19,22). The molecule has 2 N–H and O–H groups in total. The first-order valence-electron chi connectivity index (χ1n) is 7.78. The van der Waals surface area contributed by atoms with Gasteiger partial charge in [-0.25, -0.2) is 0 Å². The Hall–Kier alpha value is -2.54. The first-order valence-corrected chi connectivity index (χ1v) is 7.78. The average molecular weight is 332 g/mol. The van der Waals surface area contributed by atoms with Crippen molar-refractivity contribution in [3.8, 4) is 11.5 Å². The van der Waals surface area contributed by atoms with Crippen LogP contribution < -0.4 is 20.1 Å². The zero-order chi connectivity index (χ0) is 17.5. The third-order valence-electron chi connectivity index (χ3n) is 3.57. The second-order valence-corrected chi connectivity index (χ2v) is 5.49. The molecule has 2 atom stereocenters. The molecular formula is C17H24N4O3. The van der Waals surface area contributed by atoms with Gasteiger partial charge in [0.1, 0.15) is 12.1 Å². The summed E-state index contributed by atoms with van der Waals surface area (Å²) < 4.78 is 12.8. The van der Waals surface area contributed by atoms with Crippen LogP contribution in [0.1, 0.15) is 18.5 Å². The van der Waals surface area contributed by atoms with Crippen LogP contribution >= 0.6 is 0 Å². The predicted molar refractivity (Wildman–Crippen MR) is 91.1 cm³/mol. The van der Waals surface area contributed by atoms with Crippen molar-refractivity contribution in [2.75, 3.05) is 20.7 Å². The molecule has 2 aromatic rings. The van der Waals surface area contributed by atoms with E-state index in [0.717, 1.165) is 5.56 Å². The van der Waals surface area contributed by atoms with Gasteiger partial charge in [-0.15, -0.1) is 0 Å². The van der Waals surface area contributed by atoms with Crippen LogP contribution in [0.5, 0.6) is 11.5 Å². The highest BCUT2D eigenvalue weighted by atomic mass is 16.5. The third-order valence-corrected chi connectivity index (χ3v) is 3.57. The van der Waals surface area contributed by atoms with E-state index in [-0.39, 0.29) is 12.0 Å². The summed E-state index contributed by atoms with van der Waals surface area (Å²) >= 11 is 0. The number of nitrogens with one attached hydrogen (secondary N) is 2. The minimum Gasteiger partial charge on any atom is -0.493 e. The molecule has 1 aromatic carbocycles. The smallest absolute Gasteiger partial charge is 0.241 e. The fraction of sp³-hybridized carbons (Fsp3) is 0.412. The molecule has 7 nitrogen and oxygen atoms in total. The highest BCUT2D eigenvalue weighted by Gasteiger charge is 2.20. The summed E-state index contributed by atoms with van der Waals surface area (Å²) in [6.45, 7) is 2.28. The Morgan fingerprint density at radius 3 is 2.62 bits per heavy atom. The number of nitrogens with zero attached hydrogens (tertiary/aromatic N) is 2. The number of benzene rings is 1. The van der Waals surface area contributed by atoms with Gasteiger partial charge in [-0.2, -0.15) is 5.10 Å². The minimum atomic E-state index is -0.447. The fourth-order valence-electron chi connectivity index (χ4n) is 2.36. The Labute approximate surface area is 142 Å². The molecule has 7 heteroatoms. The number of hydrogen-bond acceptors (Lipinski definition) is 5. The molecule has 2 unspecified atom stereocenters. The molecule has 0 saturated carbocycles. The van der Waals surface area contributed by atoms with Crippen molar-refractivity contribution in [1.29, 1.82) is 0 Å². The molecule has 24 heavy (non-hydrogen) atoms. The molecule has 130 valence electrons. The van der Waals surface area contributed by atoms with E-state index in [9.17, 15) is 4.79 Å². The van der Waals surface area contributed by atoms with Gasteiger partial charge in [-0.1, -0.05) is 12.1 Å². The molecule has 0 aliphatic carbocycles. The van der Waals surface area contributed by atoms with E-state index in [1.807, 2.05) is 44.4 Å². The second-order valence-electron chi connectivity index (χ2n) is 5.49. The quantitative estimate of drug-likeness (QED) is 0.761. The number of rotatable bonds is 8. The monoisotopic (exact) mass is 332 g/mol. The Morgan fingerprint density at radius 1 is 1.33 bits per heavy atom. The summed E-state index contributed by atoms with van der Waals surface area (Å²) in [7, 11) is 5.16. The van der Waals surface area contributed by atoms with E-state index >= 15 is 0 Å². The lowest BCUT2D eigenvalue weighted by Gasteiger charge is -2.19. The number of carbonyl (C=O) groups is 1. The van der Waals surface area contributed by atoms with E-state index in [0.29, 0.717) is 18.0 Å². The number of hydrogen-bond donors (Lipinski definition) is 2. The van der Waals surface area contributed by atoms with Crippen LogP contribution in [0.25, 0.3) is 0 Å². The Balaban J connectivity index is 1.90. The van der Waals surface area contributed by atoms with Crippen molar-refractivity contribution in [3.05, 3.63) is 42.2 Å². The van der Waals surface area contributed by atoms with Crippen LogP contribution in [0.15, 0.2) is 36.7 Å². The Kier molecular flexibility index (Phi) is 6.20. The maximum Gasteiger partial charge on any atom is 0.241 e. The molecule has 0 saturated heterocycles. The fourth-order valence-corrected chi connectivity index (χ4v) is 2.36. The summed E-state index contributed by atoms with van der Waals surface area (Å²) in [5.74, 6) is 1.19. The van der Waals surface area contributed by atoms with Gasteiger partial charge in [0.25, 0.3) is 0 Å². The number of amides is 1. The number of ether oxygens (including phenoxy) is 2. The molecule has 0 aliphatic rings. The summed E-state index contributed by atoms with van der Waals surface area (Å²) in [6.07, 6.45) is 3.29. The number of para-hydroxylation sites is 2. The van der Waals surface area contributed by atoms with Crippen LogP contribution in [0.3, 0.4) is 0 Å². The lowest BCUT2D eigenvalue weighted by molar-refractivity contribution is -0.123. The first-order chi connectivity index (χ1) is 11.5. The summed E-state index contributed by atoms with van der Waals surface area (Å²) in [5.41, 5.74) is 0.816. The Morgan fingerprint density at radius 2 is 2.04 bits per heavy atom. The maximum absolute atomic E-state index is 12.4.